The number of ether oxygens (including phenoxy) is 3. The average molecular weight is 769 g/mol. The van der Waals surface area contributed by atoms with E-state index in [2.05, 4.69) is 50.8 Å². The number of likely N-dealkylation sites (tertiary alicyclic amines) is 1. The minimum atomic E-state index is -3.96. The van der Waals surface area contributed by atoms with E-state index in [9.17, 15) is 13.2 Å². The van der Waals surface area contributed by atoms with Gasteiger partial charge in [-0.25, -0.2) is 13.1 Å². The summed E-state index contributed by atoms with van der Waals surface area (Å²) in [5.41, 5.74) is 2.88. The molecule has 6 atom stereocenters. The number of carbonyl (C=O) groups is 1. The van der Waals surface area contributed by atoms with E-state index < -0.39 is 26.8 Å². The molecule has 53 heavy (non-hydrogen) atoms. The number of benzene rings is 2. The largest absolute Gasteiger partial charge is 0.490 e. The van der Waals surface area contributed by atoms with Crippen LogP contribution in [0.25, 0.3) is 0 Å². The molecular weight excluding hydrogens is 712 g/mol. The molecule has 2 aliphatic carbocycles. The number of methoxy groups -OCH3 is 2. The molecule has 3 aliphatic heterocycles. The highest BCUT2D eigenvalue weighted by Gasteiger charge is 2.51. The second-order valence-electron chi connectivity index (χ2n) is 16.5. The number of rotatable bonds is 7. The van der Waals surface area contributed by atoms with Crippen LogP contribution in [0.2, 0.25) is 5.02 Å². The Labute approximate surface area is 321 Å². The number of anilines is 1. The van der Waals surface area contributed by atoms with Crippen molar-refractivity contribution < 1.29 is 27.4 Å². The van der Waals surface area contributed by atoms with Crippen LogP contribution >= 0.6 is 11.6 Å². The molecule has 12 heteroatoms. The van der Waals surface area contributed by atoms with Gasteiger partial charge in [-0.1, -0.05) is 36.7 Å². The van der Waals surface area contributed by atoms with E-state index in [1.165, 1.54) is 11.1 Å². The van der Waals surface area contributed by atoms with Crippen molar-refractivity contribution >= 4 is 33.2 Å². The SMILES string of the molecule is COCCN(C)C1CN(C[C@]2(OC)/C=C\C[C@H](C)[C@@H](C)S(=O)(=O)NC(=O)c3ccc4c(c3)N(C[C@@H]3CC[C@H]32)C[C@@]2(CCCc3cc(Cl)ccc32)CO4)C1. The summed E-state index contributed by atoms with van der Waals surface area (Å²) in [7, 11) is 1.79. The molecule has 0 unspecified atom stereocenters. The fourth-order valence-corrected chi connectivity index (χ4v) is 11.0. The normalized spacial score (nSPS) is 32.4. The van der Waals surface area contributed by atoms with Gasteiger partial charge >= 0.3 is 0 Å². The maximum absolute atomic E-state index is 13.6. The summed E-state index contributed by atoms with van der Waals surface area (Å²) in [6.07, 6.45) is 10.0. The number of aryl methyl sites for hydroxylation is 1. The quantitative estimate of drug-likeness (QED) is 0.365. The number of hydrogen-bond donors (Lipinski definition) is 1. The Hall–Kier alpha value is -2.67. The van der Waals surface area contributed by atoms with E-state index in [-0.39, 0.29) is 17.3 Å². The lowest BCUT2D eigenvalue weighted by atomic mass is 9.63. The molecule has 1 amide bonds. The molecule has 2 aromatic rings. The number of fused-ring (bicyclic) bond motifs is 4. The molecule has 10 nitrogen and oxygen atoms in total. The third-order valence-corrected chi connectivity index (χ3v) is 15.4. The van der Waals surface area contributed by atoms with E-state index >= 15 is 0 Å². The minimum absolute atomic E-state index is 0.223. The topological polar surface area (TPSA) is 101 Å². The molecule has 7 rings (SSSR count). The second kappa shape index (κ2) is 15.5. The molecule has 1 saturated carbocycles. The first kappa shape index (κ1) is 38.6. The zero-order chi connectivity index (χ0) is 37.5. The summed E-state index contributed by atoms with van der Waals surface area (Å²) in [6.45, 7) is 9.93. The number of halogens is 1. The van der Waals surface area contributed by atoms with Crippen molar-refractivity contribution in [3.05, 3.63) is 70.3 Å². The van der Waals surface area contributed by atoms with Crippen molar-refractivity contribution in [2.75, 3.05) is 78.6 Å². The van der Waals surface area contributed by atoms with Crippen molar-refractivity contribution in [2.24, 2.45) is 17.8 Å². The van der Waals surface area contributed by atoms with Gasteiger partial charge in [-0.2, -0.15) is 0 Å². The van der Waals surface area contributed by atoms with E-state index in [4.69, 9.17) is 25.8 Å². The number of nitrogens with one attached hydrogen (secondary N) is 1. The van der Waals surface area contributed by atoms with Crippen LogP contribution in [0.1, 0.15) is 67.4 Å². The standard InChI is InChI=1S/C41H57ClN4O6S/c1-28-8-6-17-41(51-5,26-45-23-34(24-45)44(3)18-19-50-4)36-13-10-32(36)22-46-25-40(16-7-9-30-20-33(42)12-14-35(30)40)27-52-38-15-11-31(21-37(38)46)39(47)43-53(48,49)29(28)2/h6,11-12,14-15,17,20-21,28-29,32,34,36H,7-10,13,16,18-19,22-27H2,1-5H3,(H,43,47)/b17-6-/t28-,29+,32-,36+,40-,41+/m0/s1. The fraction of sp³-hybridized carbons (Fsp3) is 0.634. The minimum Gasteiger partial charge on any atom is -0.490 e. The molecule has 0 radical (unpaired) electrons. The first-order valence-electron chi connectivity index (χ1n) is 19.4. The highest BCUT2D eigenvalue weighted by atomic mass is 35.5. The van der Waals surface area contributed by atoms with Crippen molar-refractivity contribution in [3.8, 4) is 5.75 Å². The Morgan fingerprint density at radius 1 is 1.09 bits per heavy atom. The smallest absolute Gasteiger partial charge is 0.264 e. The van der Waals surface area contributed by atoms with Crippen LogP contribution in [-0.2, 0) is 31.3 Å². The van der Waals surface area contributed by atoms with Crippen LogP contribution in [0.4, 0.5) is 5.69 Å². The van der Waals surface area contributed by atoms with Crippen molar-refractivity contribution in [1.82, 2.24) is 14.5 Å². The zero-order valence-corrected chi connectivity index (χ0v) is 33.6. The Bertz CT molecular complexity index is 1800. The summed E-state index contributed by atoms with van der Waals surface area (Å²) >= 11 is 6.50. The Morgan fingerprint density at radius 3 is 2.64 bits per heavy atom. The number of sulfonamides is 1. The first-order valence-corrected chi connectivity index (χ1v) is 21.3. The van der Waals surface area contributed by atoms with Crippen LogP contribution in [-0.4, -0.2) is 115 Å². The highest BCUT2D eigenvalue weighted by molar-refractivity contribution is 7.90. The van der Waals surface area contributed by atoms with Crippen LogP contribution in [0, 0.1) is 17.8 Å². The maximum Gasteiger partial charge on any atom is 0.264 e. The van der Waals surface area contributed by atoms with Gasteiger partial charge in [0.2, 0.25) is 10.0 Å². The molecular formula is C41H57ClN4O6S. The van der Waals surface area contributed by atoms with Gasteiger partial charge in [0.25, 0.3) is 5.91 Å². The first-order chi connectivity index (χ1) is 25.4. The monoisotopic (exact) mass is 768 g/mol. The van der Waals surface area contributed by atoms with Crippen molar-refractivity contribution in [2.45, 2.75) is 74.7 Å². The van der Waals surface area contributed by atoms with Gasteiger partial charge in [0.15, 0.2) is 0 Å². The van der Waals surface area contributed by atoms with Gasteiger partial charge in [-0.15, -0.1) is 0 Å². The molecule has 0 aromatic heterocycles. The second-order valence-corrected chi connectivity index (χ2v) is 19.0. The molecule has 2 fully saturated rings. The van der Waals surface area contributed by atoms with Gasteiger partial charge < -0.3 is 19.1 Å². The summed E-state index contributed by atoms with van der Waals surface area (Å²) < 4.78 is 48.3. The third kappa shape index (κ3) is 7.63. The van der Waals surface area contributed by atoms with Crippen LogP contribution in [0.15, 0.2) is 48.6 Å². The highest BCUT2D eigenvalue weighted by Crippen LogP contribution is 2.49. The van der Waals surface area contributed by atoms with Gasteiger partial charge in [0, 0.05) is 75.5 Å². The molecule has 290 valence electrons. The summed E-state index contributed by atoms with van der Waals surface area (Å²) in [5.74, 6) is 0.458. The van der Waals surface area contributed by atoms with Crippen LogP contribution < -0.4 is 14.4 Å². The van der Waals surface area contributed by atoms with E-state index in [1.807, 2.05) is 32.2 Å². The predicted molar refractivity (Wildman–Crippen MR) is 210 cm³/mol. The molecule has 2 bridgehead atoms. The Balaban J connectivity index is 1.26. The number of allylic oxidation sites excluding steroid dienone is 1. The molecule has 3 heterocycles. The van der Waals surface area contributed by atoms with Gasteiger partial charge in [-0.05, 0) is 112 Å². The number of amides is 1. The van der Waals surface area contributed by atoms with Crippen LogP contribution in [0.3, 0.4) is 0 Å². The van der Waals surface area contributed by atoms with Gasteiger partial charge in [-0.3, -0.25) is 14.6 Å². The molecule has 5 aliphatic rings. The fourth-order valence-electron chi connectivity index (χ4n) is 9.53. The lowest BCUT2D eigenvalue weighted by molar-refractivity contribution is -0.108. The number of nitrogens with zero attached hydrogens (tertiary/aromatic N) is 3. The zero-order valence-electron chi connectivity index (χ0n) is 32.0. The average Bonchev–Trinajstić information content (AvgIpc) is 3.25. The molecule has 1 saturated heterocycles. The van der Waals surface area contributed by atoms with Crippen molar-refractivity contribution in [3.63, 3.8) is 0 Å². The van der Waals surface area contributed by atoms with E-state index in [0.29, 0.717) is 49.5 Å². The van der Waals surface area contributed by atoms with E-state index in [1.54, 1.807) is 20.1 Å². The third-order valence-electron chi connectivity index (χ3n) is 13.3. The Morgan fingerprint density at radius 2 is 1.91 bits per heavy atom. The number of likely N-dealkylation sites (N-methyl/N-ethyl adjacent to an activating group) is 1. The lowest BCUT2D eigenvalue weighted by Crippen LogP contribution is -2.64. The number of carbonyl (C=O) groups excluding carboxylic acids is 1. The summed E-state index contributed by atoms with van der Waals surface area (Å²) in [5, 5.41) is -0.0362. The van der Waals surface area contributed by atoms with Gasteiger partial charge in [0.1, 0.15) is 11.4 Å². The summed E-state index contributed by atoms with van der Waals surface area (Å²) in [6, 6.07) is 12.1. The van der Waals surface area contributed by atoms with Crippen LogP contribution in [0.5, 0.6) is 5.75 Å². The maximum atomic E-state index is 13.6. The molecule has 2 aromatic carbocycles. The lowest BCUT2D eigenvalue weighted by Gasteiger charge is -2.54. The Kier molecular flexibility index (Phi) is 11.3. The van der Waals surface area contributed by atoms with E-state index in [0.717, 1.165) is 75.5 Å². The predicted octanol–water partition coefficient (Wildman–Crippen LogP) is 5.53. The van der Waals surface area contributed by atoms with Crippen molar-refractivity contribution in [1.29, 1.82) is 0 Å². The van der Waals surface area contributed by atoms with Gasteiger partial charge in [0.05, 0.1) is 24.2 Å². The number of hydrogen-bond acceptors (Lipinski definition) is 9. The molecule has 1 N–H and O–H groups in total. The summed E-state index contributed by atoms with van der Waals surface area (Å²) in [4.78, 5) is 20.9. The molecule has 1 spiro atoms.